The predicted octanol–water partition coefficient (Wildman–Crippen LogP) is 3.18. The van der Waals surface area contributed by atoms with Crippen LogP contribution in [0.3, 0.4) is 0 Å². The van der Waals surface area contributed by atoms with E-state index >= 15 is 0 Å². The smallest absolute Gasteiger partial charge is 0.159 e. The van der Waals surface area contributed by atoms with Crippen LogP contribution in [0, 0.1) is 0 Å². The Kier molecular flexibility index (Phi) is 5.81. The molecule has 0 aromatic heterocycles. The molecular weight excluding hydrogens is 174 g/mol. The molecule has 0 amide bonds. The van der Waals surface area contributed by atoms with Gasteiger partial charge in [-0.3, -0.25) is 4.79 Å². The highest BCUT2D eigenvalue weighted by atomic mass is 16.1. The van der Waals surface area contributed by atoms with Crippen LogP contribution in [0.15, 0.2) is 24.3 Å². The summed E-state index contributed by atoms with van der Waals surface area (Å²) in [6, 6.07) is 7.43. The number of nitrogens with two attached hydrogens (primary N) is 1. The van der Waals surface area contributed by atoms with E-state index in [0.29, 0.717) is 0 Å². The van der Waals surface area contributed by atoms with Crippen molar-refractivity contribution < 1.29 is 6.22 Å². The van der Waals surface area contributed by atoms with Gasteiger partial charge in [0.25, 0.3) is 0 Å². The van der Waals surface area contributed by atoms with Gasteiger partial charge in [-0.05, 0) is 19.4 Å². The largest absolute Gasteiger partial charge is 0.324 e. The lowest BCUT2D eigenvalue weighted by molar-refractivity contribution is 0.101. The number of carbonyl (C=O) groups excluding carboxylic acids is 1. The summed E-state index contributed by atoms with van der Waals surface area (Å²) in [6.45, 7) is 7.48. The highest BCUT2D eigenvalue weighted by molar-refractivity contribution is 5.94. The van der Waals surface area contributed by atoms with Gasteiger partial charge in [0, 0.05) is 13.0 Å². The van der Waals surface area contributed by atoms with Crippen LogP contribution in [0.1, 0.15) is 51.1 Å². The Morgan fingerprint density at radius 1 is 1.29 bits per heavy atom. The summed E-state index contributed by atoms with van der Waals surface area (Å²) in [5.41, 5.74) is 7.45. The summed E-state index contributed by atoms with van der Waals surface area (Å²) in [6.07, 6.45) is 0. The van der Waals surface area contributed by atoms with Crippen molar-refractivity contribution in [1.82, 2.24) is 0 Å². The van der Waals surface area contributed by atoms with Gasteiger partial charge in [0.05, 0.1) is 0 Å². The Bertz CT molecular complexity index is 280. The average molecular weight is 195 g/mol. The molecular formula is C12H21NO. The van der Waals surface area contributed by atoms with Crippen LogP contribution in [0.4, 0.5) is 0 Å². The summed E-state index contributed by atoms with van der Waals surface area (Å²) < 4.78 is 0. The van der Waals surface area contributed by atoms with Crippen LogP contribution in [-0.4, -0.2) is 5.78 Å². The second kappa shape index (κ2) is 6.33. The van der Waals surface area contributed by atoms with E-state index in [1.54, 1.807) is 19.1 Å². The SMILES string of the molecule is CC.CC(=O)c1ccc([C@H](C)N)cc1.[HH]. The topological polar surface area (TPSA) is 43.1 Å². The highest BCUT2D eigenvalue weighted by Crippen LogP contribution is 2.10. The fraction of sp³-hybridized carbons (Fsp3) is 0.417. The van der Waals surface area contributed by atoms with E-state index in [1.807, 2.05) is 32.9 Å². The minimum absolute atomic E-state index is 0. The first kappa shape index (κ1) is 12.8. The van der Waals surface area contributed by atoms with E-state index in [4.69, 9.17) is 5.73 Å². The van der Waals surface area contributed by atoms with Crippen molar-refractivity contribution in [2.45, 2.75) is 33.7 Å². The van der Waals surface area contributed by atoms with E-state index in [9.17, 15) is 4.79 Å². The quantitative estimate of drug-likeness (QED) is 0.736. The lowest BCUT2D eigenvalue weighted by Gasteiger charge is -2.04. The molecule has 0 saturated heterocycles. The van der Waals surface area contributed by atoms with E-state index in [0.717, 1.165) is 11.1 Å². The van der Waals surface area contributed by atoms with Gasteiger partial charge >= 0.3 is 0 Å². The van der Waals surface area contributed by atoms with Crippen LogP contribution in [0.2, 0.25) is 0 Å². The van der Waals surface area contributed by atoms with Crippen molar-refractivity contribution in [3.8, 4) is 0 Å². The molecule has 0 radical (unpaired) electrons. The summed E-state index contributed by atoms with van der Waals surface area (Å²) in [4.78, 5) is 10.9. The molecule has 0 fully saturated rings. The summed E-state index contributed by atoms with van der Waals surface area (Å²) in [5.74, 6) is 0.0891. The number of carbonyl (C=O) groups is 1. The first-order chi connectivity index (χ1) is 6.61. The average Bonchev–Trinajstić information content (AvgIpc) is 2.21. The molecule has 1 aromatic rings. The van der Waals surface area contributed by atoms with Gasteiger partial charge in [-0.2, -0.15) is 0 Å². The standard InChI is InChI=1S/C10H13NO.C2H6.H2/c1-7(11)9-3-5-10(6-4-9)8(2)12;1-2;/h3-7H,11H2,1-2H3;1-2H3;1H/t7-;;/m0../s1. The van der Waals surface area contributed by atoms with Crippen LogP contribution >= 0.6 is 0 Å². The molecule has 0 spiro atoms. The van der Waals surface area contributed by atoms with Crippen LogP contribution in [0.25, 0.3) is 0 Å². The number of hydrogen-bond donors (Lipinski definition) is 1. The maximum absolute atomic E-state index is 10.9. The second-order valence-electron chi connectivity index (χ2n) is 2.97. The van der Waals surface area contributed by atoms with Crippen molar-refractivity contribution in [2.24, 2.45) is 5.73 Å². The zero-order valence-electron chi connectivity index (χ0n) is 9.37. The fourth-order valence-electron chi connectivity index (χ4n) is 1.02. The number of hydrogen-bond acceptors (Lipinski definition) is 2. The Hall–Kier alpha value is -1.15. The summed E-state index contributed by atoms with van der Waals surface area (Å²) in [5, 5.41) is 0. The molecule has 1 rings (SSSR count). The zero-order valence-corrected chi connectivity index (χ0v) is 9.37. The number of Topliss-reactive ketones (excluding diaryl/α,β-unsaturated/α-hetero) is 1. The van der Waals surface area contributed by atoms with Crippen molar-refractivity contribution in [3.63, 3.8) is 0 Å². The highest BCUT2D eigenvalue weighted by Gasteiger charge is 2.00. The van der Waals surface area contributed by atoms with Gasteiger partial charge in [0.1, 0.15) is 0 Å². The van der Waals surface area contributed by atoms with Gasteiger partial charge in [-0.25, -0.2) is 0 Å². The molecule has 0 aliphatic carbocycles. The third-order valence-corrected chi connectivity index (χ3v) is 1.84. The molecule has 0 aliphatic heterocycles. The first-order valence-corrected chi connectivity index (χ1v) is 4.97. The predicted molar refractivity (Wildman–Crippen MR) is 62.5 cm³/mol. The maximum atomic E-state index is 10.9. The van der Waals surface area contributed by atoms with Gasteiger partial charge in [0.15, 0.2) is 5.78 Å². The molecule has 80 valence electrons. The third-order valence-electron chi connectivity index (χ3n) is 1.84. The van der Waals surface area contributed by atoms with Crippen molar-refractivity contribution in [3.05, 3.63) is 35.4 Å². The molecule has 0 heterocycles. The van der Waals surface area contributed by atoms with Gasteiger partial charge in [-0.1, -0.05) is 38.1 Å². The summed E-state index contributed by atoms with van der Waals surface area (Å²) >= 11 is 0. The normalized spacial score (nSPS) is 11.2. The Labute approximate surface area is 87.6 Å². The minimum Gasteiger partial charge on any atom is -0.324 e. The number of benzene rings is 1. The van der Waals surface area contributed by atoms with Crippen LogP contribution in [0.5, 0.6) is 0 Å². The van der Waals surface area contributed by atoms with E-state index < -0.39 is 0 Å². The van der Waals surface area contributed by atoms with Crippen molar-refractivity contribution >= 4 is 5.78 Å². The first-order valence-electron chi connectivity index (χ1n) is 4.97. The molecule has 14 heavy (non-hydrogen) atoms. The Morgan fingerprint density at radius 2 is 1.71 bits per heavy atom. The molecule has 2 heteroatoms. The monoisotopic (exact) mass is 195 g/mol. The van der Waals surface area contributed by atoms with Crippen LogP contribution in [-0.2, 0) is 0 Å². The lowest BCUT2D eigenvalue weighted by Crippen LogP contribution is -2.05. The molecule has 1 atom stereocenters. The fourth-order valence-corrected chi connectivity index (χ4v) is 1.02. The molecule has 0 saturated carbocycles. The van der Waals surface area contributed by atoms with Gasteiger partial charge in [0.2, 0.25) is 0 Å². The van der Waals surface area contributed by atoms with E-state index in [-0.39, 0.29) is 13.3 Å². The lowest BCUT2D eigenvalue weighted by atomic mass is 10.1. The molecule has 1 aromatic carbocycles. The number of rotatable bonds is 2. The van der Waals surface area contributed by atoms with Crippen LogP contribution < -0.4 is 5.73 Å². The molecule has 0 bridgehead atoms. The second-order valence-corrected chi connectivity index (χ2v) is 2.97. The Balaban J connectivity index is 0. The zero-order chi connectivity index (χ0) is 11.1. The Morgan fingerprint density at radius 3 is 2.00 bits per heavy atom. The van der Waals surface area contributed by atoms with Gasteiger partial charge in [-0.15, -0.1) is 0 Å². The molecule has 2 N–H and O–H groups in total. The number of ketones is 1. The third kappa shape index (κ3) is 3.71. The molecule has 2 nitrogen and oxygen atoms in total. The van der Waals surface area contributed by atoms with Crippen molar-refractivity contribution in [1.29, 1.82) is 0 Å². The molecule has 0 aliphatic rings. The summed E-state index contributed by atoms with van der Waals surface area (Å²) in [7, 11) is 0. The van der Waals surface area contributed by atoms with E-state index in [1.165, 1.54) is 0 Å². The molecule has 0 unspecified atom stereocenters. The van der Waals surface area contributed by atoms with E-state index in [2.05, 4.69) is 0 Å². The van der Waals surface area contributed by atoms with Crippen molar-refractivity contribution in [2.75, 3.05) is 0 Å². The maximum Gasteiger partial charge on any atom is 0.159 e. The van der Waals surface area contributed by atoms with Gasteiger partial charge < -0.3 is 5.73 Å². The minimum atomic E-state index is 0.